The number of nitrogens with two attached hydrogens (primary N) is 1. The van der Waals surface area contributed by atoms with Crippen LogP contribution in [0.3, 0.4) is 0 Å². The van der Waals surface area contributed by atoms with Crippen LogP contribution in [0.2, 0.25) is 0 Å². The zero-order valence-corrected chi connectivity index (χ0v) is 11.3. The summed E-state index contributed by atoms with van der Waals surface area (Å²) in [6.45, 7) is 2.73. The molecule has 5 heteroatoms. The van der Waals surface area contributed by atoms with E-state index in [9.17, 15) is 4.79 Å². The molecular weight excluding hydrogens is 254 g/mol. The molecule has 3 N–H and O–H groups in total. The summed E-state index contributed by atoms with van der Waals surface area (Å²) in [5.74, 6) is 0.544. The Labute approximate surface area is 117 Å². The molecule has 20 heavy (non-hydrogen) atoms. The van der Waals surface area contributed by atoms with Crippen LogP contribution >= 0.6 is 0 Å². The van der Waals surface area contributed by atoms with Gasteiger partial charge in [-0.05, 0) is 36.8 Å². The van der Waals surface area contributed by atoms with Crippen molar-refractivity contribution >= 4 is 17.3 Å². The number of anilines is 2. The van der Waals surface area contributed by atoms with Gasteiger partial charge in [-0.1, -0.05) is 6.92 Å². The Hall–Kier alpha value is -2.56. The summed E-state index contributed by atoms with van der Waals surface area (Å²) in [6.07, 6.45) is 3.93. The molecule has 5 nitrogen and oxygen atoms in total. The van der Waals surface area contributed by atoms with Gasteiger partial charge in [0, 0.05) is 18.1 Å². The second-order valence-corrected chi connectivity index (χ2v) is 4.33. The van der Waals surface area contributed by atoms with Gasteiger partial charge in [-0.25, -0.2) is 0 Å². The van der Waals surface area contributed by atoms with Gasteiger partial charge in [-0.3, -0.25) is 9.78 Å². The van der Waals surface area contributed by atoms with Gasteiger partial charge in [-0.15, -0.1) is 0 Å². The molecule has 0 fully saturated rings. The third kappa shape index (κ3) is 3.71. The van der Waals surface area contributed by atoms with E-state index in [-0.39, 0.29) is 5.91 Å². The minimum Gasteiger partial charge on any atom is -0.494 e. The lowest BCUT2D eigenvalue weighted by Gasteiger charge is -2.07. The number of ether oxygens (including phenoxy) is 1. The van der Waals surface area contributed by atoms with Crippen LogP contribution in [0.5, 0.6) is 5.75 Å². The molecular formula is C15H17N3O2. The molecule has 0 radical (unpaired) electrons. The molecule has 0 aliphatic rings. The van der Waals surface area contributed by atoms with Crippen molar-refractivity contribution in [3.8, 4) is 5.75 Å². The van der Waals surface area contributed by atoms with E-state index in [0.29, 0.717) is 23.5 Å². The minimum atomic E-state index is -0.243. The molecule has 104 valence electrons. The van der Waals surface area contributed by atoms with Crippen LogP contribution in [-0.4, -0.2) is 17.5 Å². The van der Waals surface area contributed by atoms with Crippen LogP contribution in [0.1, 0.15) is 23.7 Å². The van der Waals surface area contributed by atoms with Gasteiger partial charge < -0.3 is 15.8 Å². The summed E-state index contributed by atoms with van der Waals surface area (Å²) >= 11 is 0. The zero-order valence-electron chi connectivity index (χ0n) is 11.3. The lowest BCUT2D eigenvalue weighted by molar-refractivity contribution is 0.102. The van der Waals surface area contributed by atoms with E-state index in [1.807, 2.05) is 19.1 Å². The number of carbonyl (C=O) groups excluding carboxylic acids is 1. The smallest absolute Gasteiger partial charge is 0.257 e. The monoisotopic (exact) mass is 271 g/mol. The van der Waals surface area contributed by atoms with Gasteiger partial charge >= 0.3 is 0 Å². The van der Waals surface area contributed by atoms with Crippen molar-refractivity contribution < 1.29 is 9.53 Å². The quantitative estimate of drug-likeness (QED) is 0.876. The van der Waals surface area contributed by atoms with E-state index in [0.717, 1.165) is 12.2 Å². The van der Waals surface area contributed by atoms with Crippen LogP contribution < -0.4 is 15.8 Å². The Morgan fingerprint density at radius 3 is 2.70 bits per heavy atom. The molecule has 0 saturated heterocycles. The fourth-order valence-electron chi connectivity index (χ4n) is 1.64. The fraction of sp³-hybridized carbons (Fsp3) is 0.200. The third-order valence-electron chi connectivity index (χ3n) is 2.61. The second kappa shape index (κ2) is 6.56. The Balaban J connectivity index is 2.01. The Bertz CT molecular complexity index is 582. The maximum atomic E-state index is 12.0. The number of carbonyl (C=O) groups is 1. The summed E-state index contributed by atoms with van der Waals surface area (Å²) in [5.41, 5.74) is 7.18. The highest BCUT2D eigenvalue weighted by Gasteiger charge is 2.06. The molecule has 0 spiro atoms. The predicted molar refractivity (Wildman–Crippen MR) is 78.8 cm³/mol. The van der Waals surface area contributed by atoms with Crippen molar-refractivity contribution in [2.75, 3.05) is 17.7 Å². The lowest BCUT2D eigenvalue weighted by atomic mass is 10.2. The molecule has 2 rings (SSSR count). The standard InChI is InChI=1S/C15H17N3O2/c1-2-7-20-14-5-3-13(4-6-14)18-15(19)11-8-12(16)10-17-9-11/h3-6,8-10H,2,7,16H2,1H3,(H,18,19). The SMILES string of the molecule is CCCOc1ccc(NC(=O)c2cncc(N)c2)cc1. The lowest BCUT2D eigenvalue weighted by Crippen LogP contribution is -2.12. The number of amides is 1. The van der Waals surface area contributed by atoms with Crippen molar-refractivity contribution in [3.63, 3.8) is 0 Å². The van der Waals surface area contributed by atoms with Crippen LogP contribution in [0, 0.1) is 0 Å². The van der Waals surface area contributed by atoms with Crippen LogP contribution in [-0.2, 0) is 0 Å². The van der Waals surface area contributed by atoms with Gasteiger partial charge in [0.05, 0.1) is 17.9 Å². The number of rotatable bonds is 5. The predicted octanol–water partition coefficient (Wildman–Crippen LogP) is 2.70. The van der Waals surface area contributed by atoms with E-state index < -0.39 is 0 Å². The maximum absolute atomic E-state index is 12.0. The number of nitrogens with one attached hydrogen (secondary N) is 1. The van der Waals surface area contributed by atoms with Crippen LogP contribution in [0.25, 0.3) is 0 Å². The number of nitrogens with zero attached hydrogens (tertiary/aromatic N) is 1. The molecule has 1 aromatic carbocycles. The molecule has 0 aliphatic carbocycles. The Morgan fingerprint density at radius 1 is 1.30 bits per heavy atom. The van der Waals surface area contributed by atoms with E-state index in [1.165, 1.54) is 12.4 Å². The number of hydrogen-bond acceptors (Lipinski definition) is 4. The van der Waals surface area contributed by atoms with E-state index >= 15 is 0 Å². The highest BCUT2D eigenvalue weighted by Crippen LogP contribution is 2.17. The highest BCUT2D eigenvalue weighted by atomic mass is 16.5. The number of hydrogen-bond donors (Lipinski definition) is 2. The molecule has 0 unspecified atom stereocenters. The Morgan fingerprint density at radius 2 is 2.05 bits per heavy atom. The highest BCUT2D eigenvalue weighted by molar-refractivity contribution is 6.04. The molecule has 0 aliphatic heterocycles. The number of pyridine rings is 1. The van der Waals surface area contributed by atoms with Gasteiger partial charge in [0.2, 0.25) is 0 Å². The average Bonchev–Trinajstić information content (AvgIpc) is 2.46. The zero-order chi connectivity index (χ0) is 14.4. The first-order valence-electron chi connectivity index (χ1n) is 6.44. The fourth-order valence-corrected chi connectivity index (χ4v) is 1.64. The van der Waals surface area contributed by atoms with Crippen molar-refractivity contribution in [2.45, 2.75) is 13.3 Å². The van der Waals surface area contributed by atoms with Gasteiger partial charge in [0.25, 0.3) is 5.91 Å². The van der Waals surface area contributed by atoms with Gasteiger partial charge in [-0.2, -0.15) is 0 Å². The Kier molecular flexibility index (Phi) is 4.55. The third-order valence-corrected chi connectivity index (χ3v) is 2.61. The van der Waals surface area contributed by atoms with Crippen molar-refractivity contribution in [1.82, 2.24) is 4.98 Å². The molecule has 1 aromatic heterocycles. The molecule has 0 bridgehead atoms. The molecule has 1 amide bonds. The first-order chi connectivity index (χ1) is 9.69. The summed E-state index contributed by atoms with van der Waals surface area (Å²) in [6, 6.07) is 8.82. The number of aromatic nitrogens is 1. The van der Waals surface area contributed by atoms with Crippen LogP contribution in [0.15, 0.2) is 42.7 Å². The summed E-state index contributed by atoms with van der Waals surface area (Å²) in [7, 11) is 0. The van der Waals surface area contributed by atoms with E-state index in [4.69, 9.17) is 10.5 Å². The van der Waals surface area contributed by atoms with Gasteiger partial charge in [0.1, 0.15) is 5.75 Å². The van der Waals surface area contributed by atoms with E-state index in [2.05, 4.69) is 10.3 Å². The van der Waals surface area contributed by atoms with Crippen molar-refractivity contribution in [1.29, 1.82) is 0 Å². The molecule has 1 heterocycles. The maximum Gasteiger partial charge on any atom is 0.257 e. The molecule has 0 atom stereocenters. The second-order valence-electron chi connectivity index (χ2n) is 4.33. The topological polar surface area (TPSA) is 77.2 Å². The number of benzene rings is 1. The largest absolute Gasteiger partial charge is 0.494 e. The van der Waals surface area contributed by atoms with Crippen molar-refractivity contribution in [3.05, 3.63) is 48.3 Å². The summed E-state index contributed by atoms with van der Waals surface area (Å²) in [5, 5.41) is 2.78. The summed E-state index contributed by atoms with van der Waals surface area (Å²) < 4.78 is 5.48. The summed E-state index contributed by atoms with van der Waals surface area (Å²) in [4.78, 5) is 15.9. The average molecular weight is 271 g/mol. The van der Waals surface area contributed by atoms with Crippen molar-refractivity contribution in [2.24, 2.45) is 0 Å². The molecule has 0 saturated carbocycles. The van der Waals surface area contributed by atoms with Gasteiger partial charge in [0.15, 0.2) is 0 Å². The normalized spacial score (nSPS) is 10.1. The minimum absolute atomic E-state index is 0.243. The first kappa shape index (κ1) is 13.9. The number of nitrogen functional groups attached to an aromatic ring is 1. The van der Waals surface area contributed by atoms with Crippen LogP contribution in [0.4, 0.5) is 11.4 Å². The first-order valence-corrected chi connectivity index (χ1v) is 6.44. The molecule has 2 aromatic rings. The van der Waals surface area contributed by atoms with E-state index in [1.54, 1.807) is 18.2 Å².